The predicted molar refractivity (Wildman–Crippen MR) is 54.8 cm³/mol. The van der Waals surface area contributed by atoms with Gasteiger partial charge in [0, 0.05) is 5.56 Å². The molecule has 0 bridgehead atoms. The van der Waals surface area contributed by atoms with Gasteiger partial charge in [0.2, 0.25) is 5.76 Å². The highest BCUT2D eigenvalue weighted by atomic mass is 16.5. The Labute approximate surface area is 88.8 Å². The van der Waals surface area contributed by atoms with Crippen LogP contribution in [0.15, 0.2) is 16.7 Å². The van der Waals surface area contributed by atoms with Gasteiger partial charge in [-0.2, -0.15) is 0 Å². The Morgan fingerprint density at radius 2 is 2.27 bits per heavy atom. The first-order valence-electron chi connectivity index (χ1n) is 4.90. The summed E-state index contributed by atoms with van der Waals surface area (Å²) in [5.74, 6) is -1.10. The van der Waals surface area contributed by atoms with Crippen LogP contribution in [0.3, 0.4) is 0 Å². The summed E-state index contributed by atoms with van der Waals surface area (Å²) in [4.78, 5) is 10.7. The maximum Gasteiger partial charge on any atom is 0.372 e. The van der Waals surface area contributed by atoms with Crippen LogP contribution in [0.4, 0.5) is 0 Å². The molecule has 0 aliphatic heterocycles. The zero-order chi connectivity index (χ0) is 11.5. The highest BCUT2D eigenvalue weighted by Crippen LogP contribution is 2.19. The van der Waals surface area contributed by atoms with Gasteiger partial charge in [0.1, 0.15) is 0 Å². The summed E-state index contributed by atoms with van der Waals surface area (Å²) in [5, 5.41) is 8.79. The molecule has 0 atom stereocenters. The maximum atomic E-state index is 10.7. The minimum absolute atomic E-state index is 0.0399. The van der Waals surface area contributed by atoms with Crippen molar-refractivity contribution in [1.82, 2.24) is 0 Å². The van der Waals surface area contributed by atoms with Crippen LogP contribution in [0.2, 0.25) is 0 Å². The van der Waals surface area contributed by atoms with E-state index in [0.717, 1.165) is 6.42 Å². The monoisotopic (exact) mass is 212 g/mol. The number of aromatic carboxylic acids is 1. The van der Waals surface area contributed by atoms with Gasteiger partial charge in [-0.25, -0.2) is 4.79 Å². The highest BCUT2D eigenvalue weighted by Gasteiger charge is 2.19. The van der Waals surface area contributed by atoms with Gasteiger partial charge in [-0.05, 0) is 26.3 Å². The molecule has 84 valence electrons. The number of carboxylic acid groups (broad SMARTS) is 1. The molecule has 1 aromatic heterocycles. The molecule has 1 N–H and O–H groups in total. The van der Waals surface area contributed by atoms with Crippen LogP contribution in [0.25, 0.3) is 0 Å². The van der Waals surface area contributed by atoms with E-state index in [2.05, 4.69) is 0 Å². The molecule has 4 nitrogen and oxygen atoms in total. The quantitative estimate of drug-likeness (QED) is 0.815. The van der Waals surface area contributed by atoms with E-state index in [4.69, 9.17) is 14.3 Å². The van der Waals surface area contributed by atoms with Crippen LogP contribution in [0.1, 0.15) is 43.3 Å². The molecule has 0 fully saturated rings. The molecule has 0 aliphatic rings. The van der Waals surface area contributed by atoms with E-state index in [9.17, 15) is 4.79 Å². The number of rotatable bonds is 5. The van der Waals surface area contributed by atoms with E-state index < -0.39 is 5.97 Å². The lowest BCUT2D eigenvalue weighted by molar-refractivity contribution is -0.0322. The summed E-state index contributed by atoms with van der Waals surface area (Å²) in [7, 11) is 0. The fourth-order valence-electron chi connectivity index (χ4n) is 1.01. The first-order valence-corrected chi connectivity index (χ1v) is 4.90. The molecule has 0 radical (unpaired) electrons. The number of carbonyl (C=O) groups is 1. The predicted octanol–water partition coefficient (Wildman–Crippen LogP) is 2.68. The zero-order valence-corrected chi connectivity index (χ0v) is 9.24. The molecular formula is C11H16O4. The smallest absolute Gasteiger partial charge is 0.372 e. The van der Waals surface area contributed by atoms with Crippen LogP contribution >= 0.6 is 0 Å². The van der Waals surface area contributed by atoms with Crippen molar-refractivity contribution in [3.8, 4) is 0 Å². The Bertz CT molecular complexity index is 338. The molecule has 0 saturated carbocycles. The van der Waals surface area contributed by atoms with Gasteiger partial charge in [-0.3, -0.25) is 0 Å². The third-order valence-electron chi connectivity index (χ3n) is 2.41. The van der Waals surface area contributed by atoms with Crippen molar-refractivity contribution in [2.45, 2.75) is 39.4 Å². The molecule has 0 amide bonds. The normalized spacial score (nSPS) is 11.7. The van der Waals surface area contributed by atoms with Crippen LogP contribution in [-0.2, 0) is 11.3 Å². The summed E-state index contributed by atoms with van der Waals surface area (Å²) in [5.41, 5.74) is 0.330. The second-order valence-electron chi connectivity index (χ2n) is 3.98. The third-order valence-corrected chi connectivity index (χ3v) is 2.41. The van der Waals surface area contributed by atoms with Crippen molar-refractivity contribution >= 4 is 5.97 Å². The second-order valence-corrected chi connectivity index (χ2v) is 3.98. The lowest BCUT2D eigenvalue weighted by atomic mass is 10.1. The van der Waals surface area contributed by atoms with E-state index in [-0.39, 0.29) is 18.0 Å². The van der Waals surface area contributed by atoms with E-state index >= 15 is 0 Å². The summed E-state index contributed by atoms with van der Waals surface area (Å²) < 4.78 is 10.4. The molecule has 1 rings (SSSR count). The number of hydrogen-bond donors (Lipinski definition) is 1. The number of ether oxygens (including phenoxy) is 1. The van der Waals surface area contributed by atoms with E-state index in [0.29, 0.717) is 5.56 Å². The molecule has 4 heteroatoms. The van der Waals surface area contributed by atoms with Gasteiger partial charge >= 0.3 is 5.97 Å². The minimum atomic E-state index is -1.06. The Morgan fingerprint density at radius 1 is 1.60 bits per heavy atom. The van der Waals surface area contributed by atoms with Crippen molar-refractivity contribution in [2.24, 2.45) is 0 Å². The summed E-state index contributed by atoms with van der Waals surface area (Å²) in [6, 6.07) is 1.62. The summed E-state index contributed by atoms with van der Waals surface area (Å²) in [6.07, 6.45) is 2.23. The second kappa shape index (κ2) is 4.49. The largest absolute Gasteiger partial charge is 0.475 e. The van der Waals surface area contributed by atoms with E-state index in [1.54, 1.807) is 6.07 Å². The first kappa shape index (κ1) is 11.8. The molecule has 15 heavy (non-hydrogen) atoms. The molecule has 1 aromatic rings. The molecular weight excluding hydrogens is 196 g/mol. The number of hydrogen-bond acceptors (Lipinski definition) is 3. The van der Waals surface area contributed by atoms with Gasteiger partial charge in [-0.1, -0.05) is 6.92 Å². The molecule has 0 aromatic carbocycles. The number of furan rings is 1. The molecule has 0 unspecified atom stereocenters. The van der Waals surface area contributed by atoms with Crippen molar-refractivity contribution in [2.75, 3.05) is 0 Å². The van der Waals surface area contributed by atoms with Crippen LogP contribution in [-0.4, -0.2) is 16.7 Å². The minimum Gasteiger partial charge on any atom is -0.475 e. The van der Waals surface area contributed by atoms with E-state index in [1.165, 1.54) is 6.26 Å². The van der Waals surface area contributed by atoms with Crippen LogP contribution in [0.5, 0.6) is 0 Å². The first-order chi connectivity index (χ1) is 6.96. The average molecular weight is 212 g/mol. The Hall–Kier alpha value is -1.29. The Morgan fingerprint density at radius 3 is 2.80 bits per heavy atom. The maximum absolute atomic E-state index is 10.7. The van der Waals surface area contributed by atoms with Gasteiger partial charge in [-0.15, -0.1) is 0 Å². The van der Waals surface area contributed by atoms with Gasteiger partial charge in [0.15, 0.2) is 0 Å². The van der Waals surface area contributed by atoms with Crippen LogP contribution < -0.4 is 0 Å². The van der Waals surface area contributed by atoms with Gasteiger partial charge in [0.05, 0.1) is 18.5 Å². The lowest BCUT2D eigenvalue weighted by Crippen LogP contribution is -2.23. The van der Waals surface area contributed by atoms with Crippen LogP contribution in [0, 0.1) is 0 Å². The topological polar surface area (TPSA) is 59.7 Å². The molecule has 0 saturated heterocycles. The number of carboxylic acids is 1. The zero-order valence-electron chi connectivity index (χ0n) is 9.24. The van der Waals surface area contributed by atoms with Crippen molar-refractivity contribution in [3.05, 3.63) is 23.7 Å². The lowest BCUT2D eigenvalue weighted by Gasteiger charge is -2.23. The molecule has 0 spiro atoms. The fourth-order valence-corrected chi connectivity index (χ4v) is 1.01. The van der Waals surface area contributed by atoms with E-state index in [1.807, 2.05) is 20.8 Å². The fraction of sp³-hybridized carbons (Fsp3) is 0.545. The van der Waals surface area contributed by atoms with Crippen molar-refractivity contribution in [3.63, 3.8) is 0 Å². The average Bonchev–Trinajstić information content (AvgIpc) is 2.63. The standard InChI is InChI=1S/C11H16O4/c1-4-11(2,3)15-7-8-5-6-14-9(8)10(12)13/h5-6H,4,7H2,1-3H3,(H,12,13). The summed E-state index contributed by atoms with van der Waals surface area (Å²) in [6.45, 7) is 6.22. The molecule has 1 heterocycles. The van der Waals surface area contributed by atoms with Crippen molar-refractivity contribution < 1.29 is 19.1 Å². The van der Waals surface area contributed by atoms with Crippen molar-refractivity contribution in [1.29, 1.82) is 0 Å². The third kappa shape index (κ3) is 3.09. The highest BCUT2D eigenvalue weighted by molar-refractivity contribution is 5.85. The Balaban J connectivity index is 2.65. The SMILES string of the molecule is CCC(C)(C)OCc1ccoc1C(=O)O. The summed E-state index contributed by atoms with van der Waals surface area (Å²) >= 11 is 0. The Kier molecular flexibility index (Phi) is 3.52. The molecule has 0 aliphatic carbocycles. The van der Waals surface area contributed by atoms with Gasteiger partial charge in [0.25, 0.3) is 0 Å². The van der Waals surface area contributed by atoms with Gasteiger partial charge < -0.3 is 14.3 Å².